The van der Waals surface area contributed by atoms with Crippen LogP contribution in [0.15, 0.2) is 24.3 Å². The highest BCUT2D eigenvalue weighted by molar-refractivity contribution is 7.90. The van der Waals surface area contributed by atoms with E-state index in [2.05, 4.69) is 39.0 Å². The van der Waals surface area contributed by atoms with Crippen molar-refractivity contribution in [3.63, 3.8) is 0 Å². The second kappa shape index (κ2) is 9.45. The molecule has 1 heterocycles. The highest BCUT2D eigenvalue weighted by Crippen LogP contribution is 2.27. The molecule has 1 aliphatic carbocycles. The van der Waals surface area contributed by atoms with E-state index in [0.717, 1.165) is 31.9 Å². The van der Waals surface area contributed by atoms with Crippen LogP contribution < -0.4 is 14.9 Å². The standard InChI is InChI=1S/C21H34N4O3S/c1-16(2)29(27,28)23-19-6-4-17(5-7-19)21(26)22-18-8-10-20(11-9-18)25-14-12-24(3)13-15-25/h8-11,16-17,19,23H,4-7,12-15H2,1-3H3,(H,22,26). The molecule has 0 spiro atoms. The van der Waals surface area contributed by atoms with E-state index in [0.29, 0.717) is 25.7 Å². The number of sulfonamides is 1. The van der Waals surface area contributed by atoms with Crippen LogP contribution in [0.3, 0.4) is 0 Å². The lowest BCUT2D eigenvalue weighted by molar-refractivity contribution is -0.120. The van der Waals surface area contributed by atoms with Crippen molar-refractivity contribution in [2.75, 3.05) is 43.4 Å². The lowest BCUT2D eigenvalue weighted by atomic mass is 9.86. The van der Waals surface area contributed by atoms with Crippen molar-refractivity contribution in [2.24, 2.45) is 5.92 Å². The Bertz CT molecular complexity index is 779. The molecule has 2 aliphatic rings. The molecule has 0 aromatic heterocycles. The summed E-state index contributed by atoms with van der Waals surface area (Å²) in [4.78, 5) is 17.3. The van der Waals surface area contributed by atoms with Crippen LogP contribution in [0.5, 0.6) is 0 Å². The number of carbonyl (C=O) groups excluding carboxylic acids is 1. The molecule has 3 rings (SSSR count). The van der Waals surface area contributed by atoms with Gasteiger partial charge in [-0.25, -0.2) is 13.1 Å². The molecule has 0 bridgehead atoms. The molecule has 1 saturated heterocycles. The molecule has 29 heavy (non-hydrogen) atoms. The van der Waals surface area contributed by atoms with Crippen LogP contribution in [-0.2, 0) is 14.8 Å². The lowest BCUT2D eigenvalue weighted by Crippen LogP contribution is -2.44. The van der Waals surface area contributed by atoms with Crippen LogP contribution in [0.1, 0.15) is 39.5 Å². The summed E-state index contributed by atoms with van der Waals surface area (Å²) < 4.78 is 26.8. The van der Waals surface area contributed by atoms with E-state index in [9.17, 15) is 13.2 Å². The van der Waals surface area contributed by atoms with Gasteiger partial charge in [-0.2, -0.15) is 0 Å². The molecule has 1 saturated carbocycles. The second-order valence-electron chi connectivity index (χ2n) is 8.59. The van der Waals surface area contributed by atoms with Crippen LogP contribution in [0.25, 0.3) is 0 Å². The minimum absolute atomic E-state index is 0.0301. The summed E-state index contributed by atoms with van der Waals surface area (Å²) in [7, 11) is -1.12. The maximum absolute atomic E-state index is 12.6. The summed E-state index contributed by atoms with van der Waals surface area (Å²) >= 11 is 0. The Morgan fingerprint density at radius 2 is 1.59 bits per heavy atom. The SMILES string of the molecule is CC(C)S(=O)(=O)NC1CCC(C(=O)Nc2ccc(N3CCN(C)CC3)cc2)CC1. The lowest BCUT2D eigenvalue weighted by Gasteiger charge is -2.34. The van der Waals surface area contributed by atoms with E-state index in [1.165, 1.54) is 5.69 Å². The molecular weight excluding hydrogens is 388 g/mol. The van der Waals surface area contributed by atoms with E-state index in [1.807, 2.05) is 12.1 Å². The Hall–Kier alpha value is -1.64. The summed E-state index contributed by atoms with van der Waals surface area (Å²) in [6.07, 6.45) is 2.81. The maximum Gasteiger partial charge on any atom is 0.227 e. The minimum atomic E-state index is -3.26. The molecule has 1 aromatic carbocycles. The number of benzene rings is 1. The normalized spacial score (nSPS) is 23.9. The largest absolute Gasteiger partial charge is 0.369 e. The van der Waals surface area contributed by atoms with Gasteiger partial charge in [-0.3, -0.25) is 4.79 Å². The van der Waals surface area contributed by atoms with Crippen molar-refractivity contribution in [2.45, 2.75) is 50.8 Å². The summed E-state index contributed by atoms with van der Waals surface area (Å²) in [6, 6.07) is 8.01. The van der Waals surface area contributed by atoms with Gasteiger partial charge in [0.05, 0.1) is 5.25 Å². The molecule has 0 radical (unpaired) electrons. The quantitative estimate of drug-likeness (QED) is 0.735. The van der Waals surface area contributed by atoms with Crippen molar-refractivity contribution >= 4 is 27.3 Å². The van der Waals surface area contributed by atoms with Crippen molar-refractivity contribution in [3.05, 3.63) is 24.3 Å². The van der Waals surface area contributed by atoms with Crippen LogP contribution in [0, 0.1) is 5.92 Å². The van der Waals surface area contributed by atoms with Gasteiger partial charge >= 0.3 is 0 Å². The van der Waals surface area contributed by atoms with Crippen LogP contribution >= 0.6 is 0 Å². The highest BCUT2D eigenvalue weighted by Gasteiger charge is 2.29. The van der Waals surface area contributed by atoms with E-state index in [-0.39, 0.29) is 17.9 Å². The monoisotopic (exact) mass is 422 g/mol. The van der Waals surface area contributed by atoms with Crippen molar-refractivity contribution in [1.29, 1.82) is 0 Å². The summed E-state index contributed by atoms with van der Waals surface area (Å²) in [5.41, 5.74) is 2.00. The van der Waals surface area contributed by atoms with Gasteiger partial charge in [-0.1, -0.05) is 0 Å². The van der Waals surface area contributed by atoms with Gasteiger partial charge in [0.25, 0.3) is 0 Å². The zero-order chi connectivity index (χ0) is 21.0. The average Bonchev–Trinajstić information content (AvgIpc) is 2.69. The van der Waals surface area contributed by atoms with Gasteiger partial charge in [-0.05, 0) is 70.8 Å². The third-order valence-electron chi connectivity index (χ3n) is 6.05. The van der Waals surface area contributed by atoms with E-state index < -0.39 is 15.3 Å². The van der Waals surface area contributed by atoms with Crippen LogP contribution in [-0.4, -0.2) is 63.7 Å². The van der Waals surface area contributed by atoms with E-state index in [1.54, 1.807) is 13.8 Å². The van der Waals surface area contributed by atoms with Crippen molar-refractivity contribution < 1.29 is 13.2 Å². The van der Waals surface area contributed by atoms with E-state index >= 15 is 0 Å². The molecule has 1 aromatic rings. The van der Waals surface area contributed by atoms with Gasteiger partial charge in [0.15, 0.2) is 0 Å². The first-order valence-corrected chi connectivity index (χ1v) is 12.1. The second-order valence-corrected chi connectivity index (χ2v) is 10.9. The number of rotatable bonds is 6. The first-order valence-electron chi connectivity index (χ1n) is 10.6. The molecular formula is C21H34N4O3S. The molecule has 8 heteroatoms. The van der Waals surface area contributed by atoms with Gasteiger partial charge in [0, 0.05) is 49.5 Å². The molecule has 0 unspecified atom stereocenters. The zero-order valence-corrected chi connectivity index (χ0v) is 18.5. The first-order chi connectivity index (χ1) is 13.7. The predicted octanol–water partition coefficient (Wildman–Crippen LogP) is 2.26. The van der Waals surface area contributed by atoms with Crippen molar-refractivity contribution in [3.8, 4) is 0 Å². The Labute approximate surface area is 174 Å². The van der Waals surface area contributed by atoms with Crippen LogP contribution in [0.4, 0.5) is 11.4 Å². The van der Waals surface area contributed by atoms with Gasteiger partial charge in [0.2, 0.25) is 15.9 Å². The fraction of sp³-hybridized carbons (Fsp3) is 0.667. The number of nitrogens with one attached hydrogen (secondary N) is 2. The topological polar surface area (TPSA) is 81.7 Å². The number of anilines is 2. The van der Waals surface area contributed by atoms with Gasteiger partial charge in [0.1, 0.15) is 0 Å². The molecule has 2 N–H and O–H groups in total. The number of hydrogen-bond acceptors (Lipinski definition) is 5. The Morgan fingerprint density at radius 1 is 1.00 bits per heavy atom. The summed E-state index contributed by atoms with van der Waals surface area (Å²) in [6.45, 7) is 7.52. The fourth-order valence-electron chi connectivity index (χ4n) is 3.91. The molecule has 162 valence electrons. The summed E-state index contributed by atoms with van der Waals surface area (Å²) in [5.74, 6) is -0.0328. The number of carbonyl (C=O) groups is 1. The van der Waals surface area contributed by atoms with E-state index in [4.69, 9.17) is 0 Å². The smallest absolute Gasteiger partial charge is 0.227 e. The maximum atomic E-state index is 12.6. The van der Waals surface area contributed by atoms with Crippen molar-refractivity contribution in [1.82, 2.24) is 9.62 Å². The zero-order valence-electron chi connectivity index (χ0n) is 17.7. The Balaban J connectivity index is 1.47. The average molecular weight is 423 g/mol. The predicted molar refractivity (Wildman–Crippen MR) is 118 cm³/mol. The Kier molecular flexibility index (Phi) is 7.19. The molecule has 7 nitrogen and oxygen atoms in total. The fourth-order valence-corrected chi connectivity index (χ4v) is 4.88. The van der Waals surface area contributed by atoms with Gasteiger partial charge < -0.3 is 15.1 Å². The minimum Gasteiger partial charge on any atom is -0.369 e. The first kappa shape index (κ1) is 22.1. The summed E-state index contributed by atoms with van der Waals surface area (Å²) in [5, 5.41) is 2.59. The number of piperazine rings is 1. The molecule has 0 atom stereocenters. The number of likely N-dealkylation sites (N-methyl/N-ethyl adjacent to an activating group) is 1. The molecule has 1 aliphatic heterocycles. The molecule has 1 amide bonds. The van der Waals surface area contributed by atoms with Crippen LogP contribution in [0.2, 0.25) is 0 Å². The van der Waals surface area contributed by atoms with Gasteiger partial charge in [-0.15, -0.1) is 0 Å². The highest BCUT2D eigenvalue weighted by atomic mass is 32.2. The number of nitrogens with zero attached hydrogens (tertiary/aromatic N) is 2. The number of hydrogen-bond donors (Lipinski definition) is 2. The number of amides is 1. The Morgan fingerprint density at radius 3 is 2.14 bits per heavy atom. The third-order valence-corrected chi connectivity index (χ3v) is 7.96. The molecule has 2 fully saturated rings. The third kappa shape index (κ3) is 5.93.